The van der Waals surface area contributed by atoms with Crippen LogP contribution in [-0.4, -0.2) is 19.0 Å². The molecule has 1 aliphatic heterocycles. The van der Waals surface area contributed by atoms with E-state index in [4.69, 9.17) is 0 Å². The first-order valence-corrected chi connectivity index (χ1v) is 4.78. The quantitative estimate of drug-likeness (QED) is 0.695. The van der Waals surface area contributed by atoms with Gasteiger partial charge in [-0.15, -0.1) is 0 Å². The Hall–Kier alpha value is -1.35. The third-order valence-electron chi connectivity index (χ3n) is 2.61. The molecule has 74 valence electrons. The van der Waals surface area contributed by atoms with Crippen LogP contribution in [0.4, 0.5) is 5.69 Å². The summed E-state index contributed by atoms with van der Waals surface area (Å²) >= 11 is 0. The maximum atomic E-state index is 11.5. The van der Waals surface area contributed by atoms with Crippen molar-refractivity contribution in [2.24, 2.45) is 0 Å². The van der Waals surface area contributed by atoms with Crippen LogP contribution in [0.15, 0.2) is 18.2 Å². The van der Waals surface area contributed by atoms with Gasteiger partial charge in [0.2, 0.25) is 5.91 Å². The number of aryl methyl sites for hydroxylation is 1. The molecule has 1 aromatic carbocycles. The minimum absolute atomic E-state index is 0.0607. The second-order valence-corrected chi connectivity index (χ2v) is 3.70. The van der Waals surface area contributed by atoms with Gasteiger partial charge in [-0.3, -0.25) is 4.79 Å². The molecule has 2 rings (SSSR count). The summed E-state index contributed by atoms with van der Waals surface area (Å²) in [6, 6.07) is 6.07. The fraction of sp³-hybridized carbons (Fsp3) is 0.364. The van der Waals surface area contributed by atoms with E-state index in [2.05, 4.69) is 22.8 Å². The molecule has 2 N–H and O–H groups in total. The minimum atomic E-state index is -0.0924. The second-order valence-electron chi connectivity index (χ2n) is 3.70. The summed E-state index contributed by atoms with van der Waals surface area (Å²) in [5.41, 5.74) is 3.34. The Morgan fingerprint density at radius 2 is 2.29 bits per heavy atom. The summed E-state index contributed by atoms with van der Waals surface area (Å²) in [4.78, 5) is 11.5. The first-order chi connectivity index (χ1) is 6.70. The highest BCUT2D eigenvalue weighted by atomic mass is 16.2. The van der Waals surface area contributed by atoms with Crippen LogP contribution in [0.2, 0.25) is 0 Å². The van der Waals surface area contributed by atoms with Gasteiger partial charge in [0, 0.05) is 5.69 Å². The molecule has 1 unspecified atom stereocenters. The highest BCUT2D eigenvalue weighted by Gasteiger charge is 2.24. The SMILES string of the molecule is CNC1Cc2ccc(C)cc2NC1=O. The van der Waals surface area contributed by atoms with Crippen LogP contribution in [0.25, 0.3) is 0 Å². The Balaban J connectivity index is 2.35. The van der Waals surface area contributed by atoms with Gasteiger partial charge in [-0.2, -0.15) is 0 Å². The van der Waals surface area contributed by atoms with Crippen molar-refractivity contribution in [3.8, 4) is 0 Å². The van der Waals surface area contributed by atoms with Gasteiger partial charge in [0.25, 0.3) is 0 Å². The summed E-state index contributed by atoms with van der Waals surface area (Å²) < 4.78 is 0. The van der Waals surface area contributed by atoms with Gasteiger partial charge in [0.15, 0.2) is 0 Å². The van der Waals surface area contributed by atoms with Crippen molar-refractivity contribution in [2.45, 2.75) is 19.4 Å². The first kappa shape index (κ1) is 9.21. The highest BCUT2D eigenvalue weighted by Crippen LogP contribution is 2.23. The van der Waals surface area contributed by atoms with Crippen LogP contribution in [0.1, 0.15) is 11.1 Å². The van der Waals surface area contributed by atoms with Crippen molar-refractivity contribution >= 4 is 11.6 Å². The molecule has 1 aliphatic rings. The van der Waals surface area contributed by atoms with Gasteiger partial charge in [-0.25, -0.2) is 0 Å². The summed E-state index contributed by atoms with van der Waals surface area (Å²) in [5.74, 6) is 0.0607. The third-order valence-corrected chi connectivity index (χ3v) is 2.61. The molecule has 1 aromatic rings. The van der Waals surface area contributed by atoms with Crippen molar-refractivity contribution in [2.75, 3.05) is 12.4 Å². The Kier molecular flexibility index (Phi) is 2.25. The zero-order valence-electron chi connectivity index (χ0n) is 8.42. The maximum Gasteiger partial charge on any atom is 0.241 e. The zero-order chi connectivity index (χ0) is 10.1. The summed E-state index contributed by atoms with van der Waals surface area (Å²) in [6.45, 7) is 2.02. The van der Waals surface area contributed by atoms with Crippen LogP contribution in [0.5, 0.6) is 0 Å². The number of hydrogen-bond donors (Lipinski definition) is 2. The fourth-order valence-electron chi connectivity index (χ4n) is 1.75. The number of amides is 1. The fourth-order valence-corrected chi connectivity index (χ4v) is 1.75. The number of benzene rings is 1. The largest absolute Gasteiger partial charge is 0.324 e. The average Bonchev–Trinajstić information content (AvgIpc) is 2.16. The Labute approximate surface area is 83.5 Å². The number of hydrogen-bond acceptors (Lipinski definition) is 2. The van der Waals surface area contributed by atoms with Crippen LogP contribution >= 0.6 is 0 Å². The second kappa shape index (κ2) is 3.42. The Bertz CT molecular complexity index is 374. The molecule has 1 amide bonds. The van der Waals surface area contributed by atoms with E-state index in [-0.39, 0.29) is 11.9 Å². The minimum Gasteiger partial charge on any atom is -0.324 e. The van der Waals surface area contributed by atoms with Crippen LogP contribution in [0, 0.1) is 6.92 Å². The maximum absolute atomic E-state index is 11.5. The molecule has 0 aromatic heterocycles. The zero-order valence-corrected chi connectivity index (χ0v) is 8.42. The van der Waals surface area contributed by atoms with Crippen molar-refractivity contribution < 1.29 is 4.79 Å². The molecular weight excluding hydrogens is 176 g/mol. The smallest absolute Gasteiger partial charge is 0.241 e. The molecule has 3 heteroatoms. The van der Waals surface area contributed by atoms with Crippen molar-refractivity contribution in [1.29, 1.82) is 0 Å². The number of likely N-dealkylation sites (N-methyl/N-ethyl adjacent to an activating group) is 1. The van der Waals surface area contributed by atoms with Gasteiger partial charge in [-0.05, 0) is 37.6 Å². The number of rotatable bonds is 1. The van der Waals surface area contributed by atoms with E-state index in [9.17, 15) is 4.79 Å². The molecule has 0 aliphatic carbocycles. The summed E-state index contributed by atoms with van der Waals surface area (Å²) in [6.07, 6.45) is 0.776. The van der Waals surface area contributed by atoms with Gasteiger partial charge < -0.3 is 10.6 Å². The summed E-state index contributed by atoms with van der Waals surface area (Å²) in [5, 5.41) is 5.90. The molecular formula is C11H14N2O. The molecule has 0 fully saturated rings. The van der Waals surface area contributed by atoms with Crippen molar-refractivity contribution in [3.05, 3.63) is 29.3 Å². The number of anilines is 1. The molecule has 0 spiro atoms. The normalized spacial score (nSPS) is 20.1. The lowest BCUT2D eigenvalue weighted by molar-refractivity contribution is -0.118. The lowest BCUT2D eigenvalue weighted by atomic mass is 9.98. The number of carbonyl (C=O) groups is 1. The van der Waals surface area contributed by atoms with Gasteiger partial charge in [0.1, 0.15) is 0 Å². The lowest BCUT2D eigenvalue weighted by Crippen LogP contribution is -2.43. The van der Waals surface area contributed by atoms with Gasteiger partial charge >= 0.3 is 0 Å². The molecule has 1 atom stereocenters. The van der Waals surface area contributed by atoms with E-state index in [1.165, 1.54) is 11.1 Å². The molecule has 0 radical (unpaired) electrons. The van der Waals surface area contributed by atoms with Gasteiger partial charge in [-0.1, -0.05) is 12.1 Å². The molecule has 1 heterocycles. The number of nitrogens with one attached hydrogen (secondary N) is 2. The summed E-state index contributed by atoms with van der Waals surface area (Å²) in [7, 11) is 1.81. The molecule has 0 saturated carbocycles. The molecule has 0 bridgehead atoms. The third kappa shape index (κ3) is 1.51. The van der Waals surface area contributed by atoms with Crippen molar-refractivity contribution in [3.63, 3.8) is 0 Å². The number of carbonyl (C=O) groups excluding carboxylic acids is 1. The van der Waals surface area contributed by atoms with Crippen LogP contribution in [-0.2, 0) is 11.2 Å². The predicted octanol–water partition coefficient (Wildman–Crippen LogP) is 1.08. The molecule has 14 heavy (non-hydrogen) atoms. The number of fused-ring (bicyclic) bond motifs is 1. The van der Waals surface area contributed by atoms with E-state index < -0.39 is 0 Å². The highest BCUT2D eigenvalue weighted by molar-refractivity contribution is 5.98. The topological polar surface area (TPSA) is 41.1 Å². The van der Waals surface area contributed by atoms with Gasteiger partial charge in [0.05, 0.1) is 6.04 Å². The van der Waals surface area contributed by atoms with E-state index in [1.807, 2.05) is 20.0 Å². The van der Waals surface area contributed by atoms with Crippen molar-refractivity contribution in [1.82, 2.24) is 5.32 Å². The first-order valence-electron chi connectivity index (χ1n) is 4.78. The standard InChI is InChI=1S/C11H14N2O/c1-7-3-4-8-6-10(12-2)11(14)13-9(8)5-7/h3-5,10,12H,6H2,1-2H3,(H,13,14). The lowest BCUT2D eigenvalue weighted by Gasteiger charge is -2.24. The molecule has 0 saturated heterocycles. The monoisotopic (exact) mass is 190 g/mol. The van der Waals surface area contributed by atoms with E-state index in [0.717, 1.165) is 12.1 Å². The Morgan fingerprint density at radius 1 is 1.50 bits per heavy atom. The van der Waals surface area contributed by atoms with E-state index in [0.29, 0.717) is 0 Å². The van der Waals surface area contributed by atoms with Crippen LogP contribution < -0.4 is 10.6 Å². The molecule has 3 nitrogen and oxygen atoms in total. The van der Waals surface area contributed by atoms with E-state index >= 15 is 0 Å². The predicted molar refractivity (Wildman–Crippen MR) is 56.4 cm³/mol. The van der Waals surface area contributed by atoms with E-state index in [1.54, 1.807) is 0 Å². The average molecular weight is 190 g/mol. The Morgan fingerprint density at radius 3 is 3.00 bits per heavy atom. The van der Waals surface area contributed by atoms with Crippen LogP contribution in [0.3, 0.4) is 0 Å².